The van der Waals surface area contributed by atoms with Crippen molar-refractivity contribution in [2.75, 3.05) is 0 Å². The van der Waals surface area contributed by atoms with Gasteiger partial charge in [-0.3, -0.25) is 4.79 Å². The van der Waals surface area contributed by atoms with Crippen LogP contribution in [0.1, 0.15) is 44.6 Å². The summed E-state index contributed by atoms with van der Waals surface area (Å²) in [5.41, 5.74) is 1.16. The molecule has 2 aromatic rings. The molecule has 1 atom stereocenters. The molecule has 0 aliphatic rings. The van der Waals surface area contributed by atoms with Crippen molar-refractivity contribution in [3.05, 3.63) is 48.0 Å². The number of fused-ring (bicyclic) bond motifs is 1. The number of hydrogen-bond donors (Lipinski definition) is 0. The molecule has 0 radical (unpaired) electrons. The van der Waals surface area contributed by atoms with E-state index in [0.717, 1.165) is 18.4 Å². The molecule has 0 aromatic heterocycles. The minimum absolute atomic E-state index is 0.0644. The Morgan fingerprint density at radius 1 is 1.06 bits per heavy atom. The van der Waals surface area contributed by atoms with Crippen LogP contribution in [0.15, 0.2) is 42.5 Å². The SMILES string of the molecule is CCCC(=O)[C@@H](CC)c1ccc2ccccc2c1. The van der Waals surface area contributed by atoms with E-state index in [0.29, 0.717) is 12.2 Å². The highest BCUT2D eigenvalue weighted by atomic mass is 16.1. The number of Topliss-reactive ketones (excluding diaryl/α,β-unsaturated/α-hetero) is 1. The molecule has 18 heavy (non-hydrogen) atoms. The number of carbonyl (C=O) groups excluding carboxylic acids is 1. The van der Waals surface area contributed by atoms with Crippen molar-refractivity contribution in [2.24, 2.45) is 0 Å². The lowest BCUT2D eigenvalue weighted by atomic mass is 9.89. The zero-order valence-electron chi connectivity index (χ0n) is 11.1. The lowest BCUT2D eigenvalue weighted by Gasteiger charge is -2.14. The smallest absolute Gasteiger partial charge is 0.140 e. The van der Waals surface area contributed by atoms with Gasteiger partial charge in [-0.25, -0.2) is 0 Å². The van der Waals surface area contributed by atoms with E-state index in [1.54, 1.807) is 0 Å². The standard InChI is InChI=1S/C17H20O/c1-3-7-17(18)16(4-2)15-11-10-13-8-5-6-9-14(13)12-15/h5-6,8-12,16H,3-4,7H2,1-2H3/t16-/m0/s1. The van der Waals surface area contributed by atoms with Crippen molar-refractivity contribution in [1.29, 1.82) is 0 Å². The van der Waals surface area contributed by atoms with E-state index in [-0.39, 0.29) is 5.92 Å². The van der Waals surface area contributed by atoms with Crippen molar-refractivity contribution >= 4 is 16.6 Å². The zero-order valence-corrected chi connectivity index (χ0v) is 11.1. The number of rotatable bonds is 5. The molecule has 0 unspecified atom stereocenters. The highest BCUT2D eigenvalue weighted by Gasteiger charge is 2.17. The summed E-state index contributed by atoms with van der Waals surface area (Å²) in [5.74, 6) is 0.435. The number of ketones is 1. The Morgan fingerprint density at radius 3 is 2.44 bits per heavy atom. The molecule has 0 aliphatic heterocycles. The summed E-state index contributed by atoms with van der Waals surface area (Å²) in [6.45, 7) is 4.15. The molecule has 0 saturated carbocycles. The summed E-state index contributed by atoms with van der Waals surface area (Å²) in [7, 11) is 0. The number of benzene rings is 2. The normalized spacial score (nSPS) is 12.6. The maximum absolute atomic E-state index is 12.1. The van der Waals surface area contributed by atoms with Gasteiger partial charge in [0.05, 0.1) is 0 Å². The van der Waals surface area contributed by atoms with Gasteiger partial charge in [0.15, 0.2) is 0 Å². The van der Waals surface area contributed by atoms with Gasteiger partial charge in [0.1, 0.15) is 5.78 Å². The summed E-state index contributed by atoms with van der Waals surface area (Å²) >= 11 is 0. The molecular formula is C17H20O. The lowest BCUT2D eigenvalue weighted by Crippen LogP contribution is -2.11. The zero-order chi connectivity index (χ0) is 13.0. The summed E-state index contributed by atoms with van der Waals surface area (Å²) in [6.07, 6.45) is 2.51. The van der Waals surface area contributed by atoms with E-state index in [9.17, 15) is 4.79 Å². The maximum atomic E-state index is 12.1. The topological polar surface area (TPSA) is 17.1 Å². The Morgan fingerprint density at radius 2 is 1.78 bits per heavy atom. The predicted octanol–water partition coefficient (Wildman–Crippen LogP) is 4.70. The third kappa shape index (κ3) is 2.61. The molecule has 0 saturated heterocycles. The minimum Gasteiger partial charge on any atom is -0.299 e. The van der Waals surface area contributed by atoms with Crippen LogP contribution in [0.5, 0.6) is 0 Å². The van der Waals surface area contributed by atoms with E-state index in [1.807, 2.05) is 12.1 Å². The van der Waals surface area contributed by atoms with Gasteiger partial charge in [-0.15, -0.1) is 0 Å². The summed E-state index contributed by atoms with van der Waals surface area (Å²) in [5, 5.41) is 2.46. The second-order valence-corrected chi connectivity index (χ2v) is 4.78. The molecule has 1 heteroatoms. The minimum atomic E-state index is 0.0644. The molecule has 0 heterocycles. The third-order valence-corrected chi connectivity index (χ3v) is 3.47. The first-order valence-corrected chi connectivity index (χ1v) is 6.77. The van der Waals surface area contributed by atoms with Crippen molar-refractivity contribution in [3.8, 4) is 0 Å². The molecule has 1 nitrogen and oxygen atoms in total. The number of hydrogen-bond acceptors (Lipinski definition) is 1. The fourth-order valence-electron chi connectivity index (χ4n) is 2.49. The number of carbonyl (C=O) groups is 1. The average molecular weight is 240 g/mol. The third-order valence-electron chi connectivity index (χ3n) is 3.47. The van der Waals surface area contributed by atoms with Crippen molar-refractivity contribution in [3.63, 3.8) is 0 Å². The van der Waals surface area contributed by atoms with Gasteiger partial charge < -0.3 is 0 Å². The average Bonchev–Trinajstić information content (AvgIpc) is 2.40. The van der Waals surface area contributed by atoms with Crippen LogP contribution < -0.4 is 0 Å². The van der Waals surface area contributed by atoms with Crippen LogP contribution in [0, 0.1) is 0 Å². The Labute approximate surface area is 109 Å². The second kappa shape index (κ2) is 5.81. The van der Waals surface area contributed by atoms with E-state index in [1.165, 1.54) is 10.8 Å². The highest BCUT2D eigenvalue weighted by Crippen LogP contribution is 2.26. The molecule has 0 aliphatic carbocycles. The molecule has 0 fully saturated rings. The highest BCUT2D eigenvalue weighted by molar-refractivity contribution is 5.88. The van der Waals surface area contributed by atoms with Gasteiger partial charge in [-0.1, -0.05) is 56.3 Å². The first-order valence-electron chi connectivity index (χ1n) is 6.77. The molecule has 2 aromatic carbocycles. The van der Waals surface area contributed by atoms with Crippen LogP contribution in [0.4, 0.5) is 0 Å². The first-order chi connectivity index (χ1) is 8.76. The van der Waals surface area contributed by atoms with Crippen LogP contribution in [-0.2, 0) is 4.79 Å². The Kier molecular flexibility index (Phi) is 4.14. The Hall–Kier alpha value is -1.63. The molecule has 2 rings (SSSR count). The monoisotopic (exact) mass is 240 g/mol. The maximum Gasteiger partial charge on any atom is 0.140 e. The van der Waals surface area contributed by atoms with Crippen molar-refractivity contribution < 1.29 is 4.79 Å². The lowest BCUT2D eigenvalue weighted by molar-refractivity contribution is -0.120. The molecular weight excluding hydrogens is 220 g/mol. The van der Waals surface area contributed by atoms with Gasteiger partial charge in [-0.2, -0.15) is 0 Å². The fraction of sp³-hybridized carbons (Fsp3) is 0.353. The van der Waals surface area contributed by atoms with Crippen molar-refractivity contribution in [2.45, 2.75) is 39.0 Å². The largest absolute Gasteiger partial charge is 0.299 e. The Bertz CT molecular complexity index is 542. The van der Waals surface area contributed by atoms with Crippen molar-refractivity contribution in [1.82, 2.24) is 0 Å². The van der Waals surface area contributed by atoms with Crippen LogP contribution in [0.2, 0.25) is 0 Å². The second-order valence-electron chi connectivity index (χ2n) is 4.78. The van der Waals surface area contributed by atoms with Crippen LogP contribution in [0.25, 0.3) is 10.8 Å². The van der Waals surface area contributed by atoms with Crippen LogP contribution in [0.3, 0.4) is 0 Å². The van der Waals surface area contributed by atoms with E-state index < -0.39 is 0 Å². The van der Waals surface area contributed by atoms with Crippen LogP contribution >= 0.6 is 0 Å². The predicted molar refractivity (Wildman–Crippen MR) is 76.9 cm³/mol. The molecule has 0 spiro atoms. The van der Waals surface area contributed by atoms with Crippen LogP contribution in [-0.4, -0.2) is 5.78 Å². The summed E-state index contributed by atoms with van der Waals surface area (Å²) < 4.78 is 0. The van der Waals surface area contributed by atoms with E-state index in [4.69, 9.17) is 0 Å². The molecule has 0 bridgehead atoms. The van der Waals surface area contributed by atoms with E-state index in [2.05, 4.69) is 44.2 Å². The summed E-state index contributed by atoms with van der Waals surface area (Å²) in [6, 6.07) is 14.7. The van der Waals surface area contributed by atoms with Gasteiger partial charge in [0, 0.05) is 12.3 Å². The van der Waals surface area contributed by atoms with Gasteiger partial charge in [-0.05, 0) is 29.2 Å². The summed E-state index contributed by atoms with van der Waals surface area (Å²) in [4.78, 5) is 12.1. The quantitative estimate of drug-likeness (QED) is 0.740. The Balaban J connectivity index is 2.36. The first kappa shape index (κ1) is 12.8. The van der Waals surface area contributed by atoms with E-state index >= 15 is 0 Å². The molecule has 0 amide bonds. The molecule has 94 valence electrons. The van der Waals surface area contributed by atoms with Gasteiger partial charge >= 0.3 is 0 Å². The van der Waals surface area contributed by atoms with Gasteiger partial charge in [0.2, 0.25) is 0 Å². The fourth-order valence-corrected chi connectivity index (χ4v) is 2.49. The molecule has 0 N–H and O–H groups in total. The van der Waals surface area contributed by atoms with Gasteiger partial charge in [0.25, 0.3) is 0 Å².